The van der Waals surface area contributed by atoms with Crippen LogP contribution in [0.2, 0.25) is 0 Å². The third-order valence-corrected chi connectivity index (χ3v) is 5.20. The fraction of sp³-hybridized carbons (Fsp3) is 0.429. The molecule has 1 amide bonds. The number of piperidine rings is 1. The van der Waals surface area contributed by atoms with E-state index in [1.165, 1.54) is 0 Å². The van der Waals surface area contributed by atoms with Crippen LogP contribution in [0.15, 0.2) is 30.3 Å². The maximum absolute atomic E-state index is 11.5. The van der Waals surface area contributed by atoms with Gasteiger partial charge in [0.2, 0.25) is 11.8 Å². The monoisotopic (exact) mass is 383 g/mol. The summed E-state index contributed by atoms with van der Waals surface area (Å²) in [5.41, 5.74) is 2.52. The maximum Gasteiger partial charge on any atom is 0.237 e. The standard InChI is InChI=1S/C21H25N3O4/c1-14(25)24-10-8-15(9-11-24)22-18-7-6-17(23-21(18)26-2)16-4-3-5-19-20(16)28-13-12-27-19/h3-7,15,22H,8-13H2,1-2H3. The van der Waals surface area contributed by atoms with E-state index >= 15 is 0 Å². The van der Waals surface area contributed by atoms with Crippen LogP contribution in [0, 0.1) is 0 Å². The zero-order chi connectivity index (χ0) is 19.5. The minimum Gasteiger partial charge on any atom is -0.486 e. The first kappa shape index (κ1) is 18.4. The number of hydrogen-bond acceptors (Lipinski definition) is 6. The Morgan fingerprint density at radius 2 is 1.96 bits per heavy atom. The van der Waals surface area contributed by atoms with Gasteiger partial charge in [-0.2, -0.15) is 0 Å². The summed E-state index contributed by atoms with van der Waals surface area (Å²) in [6.45, 7) is 4.25. The third kappa shape index (κ3) is 3.69. The number of nitrogens with zero attached hydrogens (tertiary/aromatic N) is 2. The van der Waals surface area contributed by atoms with Crippen LogP contribution < -0.4 is 19.5 Å². The molecular weight excluding hydrogens is 358 g/mol. The SMILES string of the molecule is COc1nc(-c2cccc3c2OCCO3)ccc1NC1CCN(C(C)=O)CC1. The number of aromatic nitrogens is 1. The molecule has 0 saturated carbocycles. The second-order valence-electron chi connectivity index (χ2n) is 7.01. The molecule has 3 heterocycles. The molecule has 0 bridgehead atoms. The largest absolute Gasteiger partial charge is 0.486 e. The molecule has 4 rings (SSSR count). The first-order chi connectivity index (χ1) is 13.7. The lowest BCUT2D eigenvalue weighted by molar-refractivity contribution is -0.129. The van der Waals surface area contributed by atoms with E-state index in [0.29, 0.717) is 25.1 Å². The predicted octanol–water partition coefficient (Wildman–Crippen LogP) is 2.95. The highest BCUT2D eigenvalue weighted by atomic mass is 16.6. The summed E-state index contributed by atoms with van der Waals surface area (Å²) in [7, 11) is 1.62. The Morgan fingerprint density at radius 1 is 1.18 bits per heavy atom. The highest BCUT2D eigenvalue weighted by Gasteiger charge is 2.23. The van der Waals surface area contributed by atoms with Gasteiger partial charge in [-0.15, -0.1) is 0 Å². The van der Waals surface area contributed by atoms with Crippen LogP contribution in [0.5, 0.6) is 17.4 Å². The van der Waals surface area contributed by atoms with Crippen LogP contribution in [0.4, 0.5) is 5.69 Å². The number of nitrogens with one attached hydrogen (secondary N) is 1. The number of anilines is 1. The van der Waals surface area contributed by atoms with Crippen molar-refractivity contribution in [1.29, 1.82) is 0 Å². The Kier molecular flexibility index (Phi) is 5.23. The van der Waals surface area contributed by atoms with Crippen LogP contribution >= 0.6 is 0 Å². The van der Waals surface area contributed by atoms with Crippen molar-refractivity contribution in [1.82, 2.24) is 9.88 Å². The molecule has 1 saturated heterocycles. The number of fused-ring (bicyclic) bond motifs is 1. The summed E-state index contributed by atoms with van der Waals surface area (Å²) in [5.74, 6) is 2.14. The van der Waals surface area contributed by atoms with E-state index in [0.717, 1.165) is 54.4 Å². The van der Waals surface area contributed by atoms with Crippen molar-refractivity contribution in [2.45, 2.75) is 25.8 Å². The molecule has 7 heteroatoms. The summed E-state index contributed by atoms with van der Waals surface area (Å²) in [6.07, 6.45) is 1.81. The van der Waals surface area contributed by atoms with Crippen molar-refractivity contribution in [2.75, 3.05) is 38.7 Å². The first-order valence-electron chi connectivity index (χ1n) is 9.62. The van der Waals surface area contributed by atoms with Gasteiger partial charge in [-0.1, -0.05) is 6.07 Å². The van der Waals surface area contributed by atoms with Crippen molar-refractivity contribution in [3.8, 4) is 28.6 Å². The second kappa shape index (κ2) is 7.96. The third-order valence-electron chi connectivity index (χ3n) is 5.20. The summed E-state index contributed by atoms with van der Waals surface area (Å²) < 4.78 is 17.0. The number of benzene rings is 1. The van der Waals surface area contributed by atoms with Crippen molar-refractivity contribution in [3.05, 3.63) is 30.3 Å². The number of carbonyl (C=O) groups is 1. The molecule has 1 fully saturated rings. The Bertz CT molecular complexity index is 863. The molecule has 28 heavy (non-hydrogen) atoms. The van der Waals surface area contributed by atoms with Crippen molar-refractivity contribution >= 4 is 11.6 Å². The second-order valence-corrected chi connectivity index (χ2v) is 7.01. The zero-order valence-corrected chi connectivity index (χ0v) is 16.2. The van der Waals surface area contributed by atoms with Gasteiger partial charge in [0.25, 0.3) is 0 Å². The molecule has 0 radical (unpaired) electrons. The van der Waals surface area contributed by atoms with E-state index in [1.54, 1.807) is 14.0 Å². The molecule has 1 aromatic heterocycles. The van der Waals surface area contributed by atoms with Gasteiger partial charge in [-0.05, 0) is 37.1 Å². The normalized spacial score (nSPS) is 16.6. The van der Waals surface area contributed by atoms with E-state index in [1.807, 2.05) is 35.2 Å². The van der Waals surface area contributed by atoms with Crippen LogP contribution in [-0.4, -0.2) is 55.2 Å². The molecule has 7 nitrogen and oxygen atoms in total. The molecule has 0 unspecified atom stereocenters. The molecule has 1 aromatic carbocycles. The van der Waals surface area contributed by atoms with E-state index in [-0.39, 0.29) is 5.91 Å². The zero-order valence-electron chi connectivity index (χ0n) is 16.2. The average molecular weight is 383 g/mol. The Hall–Kier alpha value is -2.96. The Morgan fingerprint density at radius 3 is 2.71 bits per heavy atom. The van der Waals surface area contributed by atoms with Crippen LogP contribution in [0.3, 0.4) is 0 Å². The molecule has 2 aromatic rings. The highest BCUT2D eigenvalue weighted by molar-refractivity contribution is 5.74. The smallest absolute Gasteiger partial charge is 0.237 e. The number of pyridine rings is 1. The lowest BCUT2D eigenvalue weighted by atomic mass is 10.0. The summed E-state index contributed by atoms with van der Waals surface area (Å²) >= 11 is 0. The van der Waals surface area contributed by atoms with Gasteiger partial charge in [-0.3, -0.25) is 4.79 Å². The van der Waals surface area contributed by atoms with E-state index in [2.05, 4.69) is 5.32 Å². The predicted molar refractivity (Wildman–Crippen MR) is 106 cm³/mol. The fourth-order valence-corrected chi connectivity index (χ4v) is 3.69. The minimum atomic E-state index is 0.138. The summed E-state index contributed by atoms with van der Waals surface area (Å²) in [6, 6.07) is 10.0. The number of rotatable bonds is 4. The lowest BCUT2D eigenvalue weighted by Gasteiger charge is -2.32. The van der Waals surface area contributed by atoms with E-state index in [4.69, 9.17) is 19.2 Å². The number of ether oxygens (including phenoxy) is 3. The first-order valence-corrected chi connectivity index (χ1v) is 9.62. The molecule has 1 N–H and O–H groups in total. The quantitative estimate of drug-likeness (QED) is 0.875. The van der Waals surface area contributed by atoms with Crippen molar-refractivity contribution in [3.63, 3.8) is 0 Å². The molecule has 0 aliphatic carbocycles. The topological polar surface area (TPSA) is 72.9 Å². The van der Waals surface area contributed by atoms with Crippen molar-refractivity contribution in [2.24, 2.45) is 0 Å². The van der Waals surface area contributed by atoms with Crippen LogP contribution in [0.1, 0.15) is 19.8 Å². The fourth-order valence-electron chi connectivity index (χ4n) is 3.69. The van der Waals surface area contributed by atoms with Gasteiger partial charge in [0, 0.05) is 31.6 Å². The number of amides is 1. The molecule has 2 aliphatic rings. The molecule has 0 atom stereocenters. The van der Waals surface area contributed by atoms with E-state index < -0.39 is 0 Å². The Labute approximate surface area is 164 Å². The van der Waals surface area contributed by atoms with Gasteiger partial charge >= 0.3 is 0 Å². The molecule has 2 aliphatic heterocycles. The number of carbonyl (C=O) groups excluding carboxylic acids is 1. The van der Waals surface area contributed by atoms with E-state index in [9.17, 15) is 4.79 Å². The van der Waals surface area contributed by atoms with Gasteiger partial charge in [-0.25, -0.2) is 4.98 Å². The minimum absolute atomic E-state index is 0.138. The van der Waals surface area contributed by atoms with Gasteiger partial charge < -0.3 is 24.4 Å². The maximum atomic E-state index is 11.5. The molecule has 148 valence electrons. The van der Waals surface area contributed by atoms with Crippen LogP contribution in [0.25, 0.3) is 11.3 Å². The number of methoxy groups -OCH3 is 1. The number of para-hydroxylation sites is 1. The Balaban J connectivity index is 1.54. The lowest BCUT2D eigenvalue weighted by Crippen LogP contribution is -2.41. The van der Waals surface area contributed by atoms with Crippen LogP contribution in [-0.2, 0) is 4.79 Å². The van der Waals surface area contributed by atoms with Gasteiger partial charge in [0.15, 0.2) is 11.5 Å². The molecule has 0 spiro atoms. The number of hydrogen-bond donors (Lipinski definition) is 1. The average Bonchev–Trinajstić information content (AvgIpc) is 2.74. The molecular formula is C21H25N3O4. The highest BCUT2D eigenvalue weighted by Crippen LogP contribution is 2.40. The van der Waals surface area contributed by atoms with Gasteiger partial charge in [0.05, 0.1) is 18.5 Å². The van der Waals surface area contributed by atoms with Gasteiger partial charge in [0.1, 0.15) is 13.2 Å². The number of likely N-dealkylation sites (tertiary alicyclic amines) is 1. The van der Waals surface area contributed by atoms with Crippen molar-refractivity contribution < 1.29 is 19.0 Å². The summed E-state index contributed by atoms with van der Waals surface area (Å²) in [5, 5.41) is 3.52. The summed E-state index contributed by atoms with van der Waals surface area (Å²) in [4.78, 5) is 18.1.